The highest BCUT2D eigenvalue weighted by Gasteiger charge is 2.35. The van der Waals surface area contributed by atoms with Crippen LogP contribution >= 0.6 is 0 Å². The molecule has 0 aliphatic carbocycles. The summed E-state index contributed by atoms with van der Waals surface area (Å²) in [6.07, 6.45) is 8.00. The Morgan fingerprint density at radius 1 is 1.00 bits per heavy atom. The minimum atomic E-state index is -0.526. The van der Waals surface area contributed by atoms with Gasteiger partial charge in [0, 0.05) is 6.54 Å². The Balaban J connectivity index is 1.85. The van der Waals surface area contributed by atoms with E-state index in [0.29, 0.717) is 17.8 Å². The smallest absolute Gasteiger partial charge is 0.299 e. The molecule has 4 heteroatoms. The van der Waals surface area contributed by atoms with Crippen LogP contribution in [0.5, 0.6) is 0 Å². The molecule has 0 spiro atoms. The van der Waals surface area contributed by atoms with Gasteiger partial charge in [0.1, 0.15) is 5.82 Å². The normalized spacial score (nSPS) is 13.9. The summed E-state index contributed by atoms with van der Waals surface area (Å²) in [4.78, 5) is 25.2. The lowest BCUT2D eigenvalue weighted by atomic mass is 10.1. The Kier molecular flexibility index (Phi) is 5.48. The van der Waals surface area contributed by atoms with Crippen molar-refractivity contribution in [2.24, 2.45) is 0 Å². The predicted octanol–water partition coefficient (Wildman–Crippen LogP) is 4.11. The number of Topliss-reactive ketones (excluding diaryl/α,β-unsaturated/α-hetero) is 1. The van der Waals surface area contributed by atoms with Crippen LogP contribution in [0.25, 0.3) is 0 Å². The Labute approximate surface area is 125 Å². The highest BCUT2D eigenvalue weighted by molar-refractivity contribution is 6.52. The van der Waals surface area contributed by atoms with Crippen LogP contribution in [0.15, 0.2) is 18.2 Å². The number of halogens is 1. The van der Waals surface area contributed by atoms with Gasteiger partial charge >= 0.3 is 0 Å². The van der Waals surface area contributed by atoms with Gasteiger partial charge in [0.2, 0.25) is 0 Å². The van der Waals surface area contributed by atoms with Gasteiger partial charge in [-0.2, -0.15) is 0 Å². The van der Waals surface area contributed by atoms with E-state index in [-0.39, 0.29) is 0 Å². The first-order chi connectivity index (χ1) is 10.1. The van der Waals surface area contributed by atoms with Crippen molar-refractivity contribution in [1.82, 2.24) is 0 Å². The van der Waals surface area contributed by atoms with E-state index in [9.17, 15) is 14.0 Å². The second-order valence-corrected chi connectivity index (χ2v) is 5.57. The number of hydrogen-bond donors (Lipinski definition) is 0. The average Bonchev–Trinajstić information content (AvgIpc) is 2.70. The number of rotatable bonds is 8. The number of carbonyl (C=O) groups excluding carboxylic acids is 2. The Hall–Kier alpha value is -1.71. The molecule has 0 N–H and O–H groups in total. The van der Waals surface area contributed by atoms with Crippen molar-refractivity contribution < 1.29 is 14.0 Å². The fourth-order valence-corrected chi connectivity index (χ4v) is 2.72. The summed E-state index contributed by atoms with van der Waals surface area (Å²) in [7, 11) is 0. The van der Waals surface area contributed by atoms with Gasteiger partial charge in [0.25, 0.3) is 11.7 Å². The molecule has 0 radical (unpaired) electrons. The molecule has 1 heterocycles. The largest absolute Gasteiger partial charge is 0.305 e. The van der Waals surface area contributed by atoms with Crippen molar-refractivity contribution in [3.63, 3.8) is 0 Å². The summed E-state index contributed by atoms with van der Waals surface area (Å²) in [6, 6.07) is 3.90. The zero-order valence-electron chi connectivity index (χ0n) is 12.5. The Bertz CT molecular complexity index is 528. The molecule has 0 aromatic heterocycles. The average molecular weight is 291 g/mol. The first-order valence-corrected chi connectivity index (χ1v) is 7.81. The zero-order valence-corrected chi connectivity index (χ0v) is 12.5. The van der Waals surface area contributed by atoms with E-state index in [1.807, 2.05) is 0 Å². The lowest BCUT2D eigenvalue weighted by Gasteiger charge is -2.16. The van der Waals surface area contributed by atoms with E-state index in [2.05, 4.69) is 6.92 Å². The van der Waals surface area contributed by atoms with Gasteiger partial charge in [-0.25, -0.2) is 4.39 Å². The van der Waals surface area contributed by atoms with Crippen LogP contribution in [0.4, 0.5) is 10.1 Å². The highest BCUT2D eigenvalue weighted by Crippen LogP contribution is 2.29. The third kappa shape index (κ3) is 3.69. The molecule has 0 fully saturated rings. The minimum Gasteiger partial charge on any atom is -0.305 e. The predicted molar refractivity (Wildman–Crippen MR) is 81.1 cm³/mol. The van der Waals surface area contributed by atoms with Crippen molar-refractivity contribution in [1.29, 1.82) is 0 Å². The molecule has 0 atom stereocenters. The monoisotopic (exact) mass is 291 g/mol. The fourth-order valence-electron chi connectivity index (χ4n) is 2.72. The number of unbranched alkanes of at least 4 members (excludes halogenated alkanes) is 6. The molecule has 1 aliphatic heterocycles. The standard InChI is InChI=1S/C17H22FNO2/c1-2-3-4-5-6-7-8-11-19-15-12-13(18)9-10-14(15)16(20)17(19)21/h9-10,12H,2-8,11H2,1H3. The van der Waals surface area contributed by atoms with Gasteiger partial charge in [-0.15, -0.1) is 0 Å². The molecule has 0 unspecified atom stereocenters. The summed E-state index contributed by atoms with van der Waals surface area (Å²) in [5.41, 5.74) is 0.750. The minimum absolute atomic E-state index is 0.323. The molecule has 0 saturated heterocycles. The molecule has 3 nitrogen and oxygen atoms in total. The first kappa shape index (κ1) is 15.7. The number of benzene rings is 1. The molecule has 1 amide bonds. The zero-order chi connectivity index (χ0) is 15.2. The summed E-state index contributed by atoms with van der Waals surface area (Å²) < 4.78 is 13.3. The van der Waals surface area contributed by atoms with E-state index in [0.717, 1.165) is 19.3 Å². The lowest BCUT2D eigenvalue weighted by molar-refractivity contribution is -0.114. The van der Waals surface area contributed by atoms with Gasteiger partial charge < -0.3 is 4.90 Å². The number of fused-ring (bicyclic) bond motifs is 1. The number of ketones is 1. The first-order valence-electron chi connectivity index (χ1n) is 7.81. The van der Waals surface area contributed by atoms with E-state index in [1.165, 1.54) is 48.8 Å². The van der Waals surface area contributed by atoms with Crippen molar-refractivity contribution in [2.75, 3.05) is 11.4 Å². The van der Waals surface area contributed by atoms with Crippen LogP contribution < -0.4 is 4.90 Å². The van der Waals surface area contributed by atoms with Crippen molar-refractivity contribution >= 4 is 17.4 Å². The Morgan fingerprint density at radius 3 is 2.38 bits per heavy atom. The van der Waals surface area contributed by atoms with E-state index < -0.39 is 17.5 Å². The van der Waals surface area contributed by atoms with Crippen molar-refractivity contribution in [3.8, 4) is 0 Å². The third-order valence-electron chi connectivity index (χ3n) is 3.92. The van der Waals surface area contributed by atoms with Crippen LogP contribution in [0.3, 0.4) is 0 Å². The molecule has 21 heavy (non-hydrogen) atoms. The summed E-state index contributed by atoms with van der Waals surface area (Å²) in [5, 5.41) is 0. The number of nitrogens with zero attached hydrogens (tertiary/aromatic N) is 1. The highest BCUT2D eigenvalue weighted by atomic mass is 19.1. The van der Waals surface area contributed by atoms with E-state index in [1.54, 1.807) is 0 Å². The SMILES string of the molecule is CCCCCCCCCN1C(=O)C(=O)c2ccc(F)cc21. The number of hydrogen-bond acceptors (Lipinski definition) is 2. The second-order valence-electron chi connectivity index (χ2n) is 5.57. The lowest BCUT2D eigenvalue weighted by Crippen LogP contribution is -2.30. The molecular weight excluding hydrogens is 269 g/mol. The maximum atomic E-state index is 13.3. The Morgan fingerprint density at radius 2 is 1.67 bits per heavy atom. The maximum absolute atomic E-state index is 13.3. The van der Waals surface area contributed by atoms with Crippen molar-refractivity contribution in [2.45, 2.75) is 51.9 Å². The molecule has 1 aliphatic rings. The molecule has 114 valence electrons. The number of carbonyl (C=O) groups is 2. The van der Waals surface area contributed by atoms with Gasteiger partial charge in [-0.1, -0.05) is 45.4 Å². The van der Waals surface area contributed by atoms with E-state index in [4.69, 9.17) is 0 Å². The van der Waals surface area contributed by atoms with Crippen LogP contribution in [-0.4, -0.2) is 18.2 Å². The summed E-state index contributed by atoms with van der Waals surface area (Å²) in [5.74, 6) is -1.46. The van der Waals surface area contributed by atoms with Crippen LogP contribution in [0, 0.1) is 5.82 Å². The fraction of sp³-hybridized carbons (Fsp3) is 0.529. The number of amides is 1. The van der Waals surface area contributed by atoms with Gasteiger partial charge in [-0.05, 0) is 24.6 Å². The third-order valence-corrected chi connectivity index (χ3v) is 3.92. The van der Waals surface area contributed by atoms with E-state index >= 15 is 0 Å². The topological polar surface area (TPSA) is 37.4 Å². The van der Waals surface area contributed by atoms with Crippen LogP contribution in [0.1, 0.15) is 62.2 Å². The molecule has 0 bridgehead atoms. The second kappa shape index (κ2) is 7.34. The summed E-state index contributed by atoms with van der Waals surface area (Å²) in [6.45, 7) is 2.68. The molecule has 1 aromatic rings. The van der Waals surface area contributed by atoms with Crippen LogP contribution in [-0.2, 0) is 4.79 Å². The molecular formula is C17H22FNO2. The van der Waals surface area contributed by atoms with Gasteiger partial charge in [0.05, 0.1) is 11.3 Å². The molecule has 1 aromatic carbocycles. The van der Waals surface area contributed by atoms with Gasteiger partial charge in [-0.3, -0.25) is 9.59 Å². The van der Waals surface area contributed by atoms with Crippen LogP contribution in [0.2, 0.25) is 0 Å². The quantitative estimate of drug-likeness (QED) is 0.534. The van der Waals surface area contributed by atoms with Crippen molar-refractivity contribution in [3.05, 3.63) is 29.6 Å². The number of anilines is 1. The molecule has 0 saturated carbocycles. The summed E-state index contributed by atoms with van der Waals surface area (Å²) >= 11 is 0. The molecule has 2 rings (SSSR count). The van der Waals surface area contributed by atoms with Gasteiger partial charge in [0.15, 0.2) is 0 Å². The maximum Gasteiger partial charge on any atom is 0.299 e.